The standard InChI is InChI=1S/C21H21.C17H18.C5H5.2ClH.Zr/c1-2-8-15-14(7-1)13-20-18-11-4-3-9-16(18)17-10-5-6-12-19(17)21(15)20;1-14(16-9-5-3-6-10-16)13-15(2)17-11-7-4-8-12-17;1-2-4-5-3-1;;;/h1-21H;3-12,14-15H,1-2H3;1-3H,4H2;2*1H;/q;;;;;+2/p-2. The molecule has 8 rings (SSSR count). The fraction of sp³-hybridized carbons (Fsp3) is 0.326. The summed E-state index contributed by atoms with van der Waals surface area (Å²) in [6, 6.07) is 22.9. The number of fused-ring (bicyclic) bond motifs is 8. The third-order valence-electron chi connectivity index (χ3n) is 12.0. The van der Waals surface area contributed by atoms with Crippen LogP contribution >= 0.6 is 0 Å². The number of hydrogen-bond donors (Lipinski definition) is 0. The Bertz CT molecular complexity index is 1620. The second-order valence-electron chi connectivity index (χ2n) is 13.9. The summed E-state index contributed by atoms with van der Waals surface area (Å²) < 4.78 is 4.48. The van der Waals surface area contributed by atoms with E-state index in [1.807, 2.05) is 6.49 Å². The quantitative estimate of drug-likeness (QED) is 0.416. The molecule has 0 N–H and O–H groups in total. The fourth-order valence-electron chi connectivity index (χ4n) is 10.3. The van der Waals surface area contributed by atoms with Crippen LogP contribution in [0.25, 0.3) is 0 Å². The van der Waals surface area contributed by atoms with Crippen molar-refractivity contribution in [3.63, 3.8) is 0 Å². The van der Waals surface area contributed by atoms with E-state index in [1.54, 1.807) is 0 Å². The SMILES string of the molecule is CC([C](C(C)c1ccccc1)=[Zr+2]([C]1=CC=CC1)[CH]1C2C=CC=CC2C2C3C=CC=CC3C3C=CC=CC3C21)c1ccccc1.[Cl-].[Cl-]. The Morgan fingerprint density at radius 3 is 1.46 bits per heavy atom. The Hall–Kier alpha value is -2.31. The van der Waals surface area contributed by atoms with Crippen molar-refractivity contribution in [2.45, 2.75) is 35.7 Å². The van der Waals surface area contributed by atoms with Crippen molar-refractivity contribution in [3.05, 3.63) is 166 Å². The van der Waals surface area contributed by atoms with Crippen molar-refractivity contribution < 1.29 is 46.1 Å². The van der Waals surface area contributed by atoms with Crippen molar-refractivity contribution in [2.75, 3.05) is 0 Å². The average Bonchev–Trinajstić information content (AvgIpc) is 3.75. The molecule has 0 spiro atoms. The molecule has 0 heterocycles. The van der Waals surface area contributed by atoms with Gasteiger partial charge in [-0.3, -0.25) is 0 Å². The van der Waals surface area contributed by atoms with Gasteiger partial charge in [0.1, 0.15) is 0 Å². The first-order valence-corrected chi connectivity index (χ1v) is 20.8. The number of allylic oxidation sites excluding steroid dienone is 16. The van der Waals surface area contributed by atoms with E-state index in [0.29, 0.717) is 59.2 Å². The molecule has 234 valence electrons. The smallest absolute Gasteiger partial charge is 1.00 e. The van der Waals surface area contributed by atoms with Crippen LogP contribution in [0.3, 0.4) is 0 Å². The summed E-state index contributed by atoms with van der Waals surface area (Å²) in [6.45, 7) is 5.09. The van der Waals surface area contributed by atoms with E-state index >= 15 is 0 Å². The average molecular weight is 723 g/mol. The summed E-state index contributed by atoms with van der Waals surface area (Å²) in [5.74, 6) is 5.99. The summed E-state index contributed by atoms with van der Waals surface area (Å²) >= 11 is -2.55. The molecule has 2 aromatic rings. The Kier molecular flexibility index (Phi) is 10.5. The summed E-state index contributed by atoms with van der Waals surface area (Å²) in [6.07, 6.45) is 38.5. The molecule has 2 aromatic carbocycles. The van der Waals surface area contributed by atoms with E-state index in [9.17, 15) is 0 Å². The summed E-state index contributed by atoms with van der Waals surface area (Å²) in [7, 11) is 0. The van der Waals surface area contributed by atoms with Crippen molar-refractivity contribution in [1.29, 1.82) is 0 Å². The second-order valence-corrected chi connectivity index (χ2v) is 20.6. The van der Waals surface area contributed by atoms with Gasteiger partial charge in [0.05, 0.1) is 0 Å². The van der Waals surface area contributed by atoms with Crippen LogP contribution in [0.1, 0.15) is 43.2 Å². The van der Waals surface area contributed by atoms with E-state index in [0.717, 1.165) is 10.0 Å². The predicted molar refractivity (Wildman–Crippen MR) is 183 cm³/mol. The van der Waals surface area contributed by atoms with Gasteiger partial charge < -0.3 is 24.8 Å². The Morgan fingerprint density at radius 2 is 0.978 bits per heavy atom. The van der Waals surface area contributed by atoms with Gasteiger partial charge in [0.2, 0.25) is 0 Å². The van der Waals surface area contributed by atoms with Crippen molar-refractivity contribution in [3.8, 4) is 0 Å². The van der Waals surface area contributed by atoms with E-state index in [-0.39, 0.29) is 24.8 Å². The minimum Gasteiger partial charge on any atom is -1.00 e. The molecule has 0 nitrogen and oxygen atoms in total. The molecule has 0 bridgehead atoms. The molecule has 0 saturated heterocycles. The van der Waals surface area contributed by atoms with E-state index in [1.165, 1.54) is 11.1 Å². The van der Waals surface area contributed by atoms with Crippen molar-refractivity contribution in [2.24, 2.45) is 47.3 Å². The van der Waals surface area contributed by atoms with Crippen molar-refractivity contribution >= 4 is 3.21 Å². The van der Waals surface area contributed by atoms with Crippen LogP contribution in [0.5, 0.6) is 0 Å². The first kappa shape index (κ1) is 33.6. The number of rotatable bonds is 6. The van der Waals surface area contributed by atoms with Gasteiger partial charge in [-0.25, -0.2) is 0 Å². The van der Waals surface area contributed by atoms with Crippen LogP contribution in [0.2, 0.25) is 3.63 Å². The molecule has 0 aromatic heterocycles. The molecule has 2 fully saturated rings. The molecule has 6 aliphatic carbocycles. The van der Waals surface area contributed by atoms with Crippen molar-refractivity contribution in [1.82, 2.24) is 0 Å². The van der Waals surface area contributed by atoms with Crippen LogP contribution in [-0.2, 0) is 21.3 Å². The first-order valence-electron chi connectivity index (χ1n) is 17.0. The predicted octanol–water partition coefficient (Wildman–Crippen LogP) is 4.36. The molecule has 0 radical (unpaired) electrons. The second kappa shape index (κ2) is 14.4. The molecule has 11 unspecified atom stereocenters. The molecule has 11 atom stereocenters. The van der Waals surface area contributed by atoms with E-state index < -0.39 is 21.3 Å². The van der Waals surface area contributed by atoms with Gasteiger partial charge >= 0.3 is 274 Å². The summed E-state index contributed by atoms with van der Waals surface area (Å²) in [4.78, 5) is 0. The minimum absolute atomic E-state index is 0. The summed E-state index contributed by atoms with van der Waals surface area (Å²) in [5.41, 5.74) is 2.98. The van der Waals surface area contributed by atoms with Crippen LogP contribution in [-0.4, -0.2) is 3.21 Å². The number of hydrogen-bond acceptors (Lipinski definition) is 0. The van der Waals surface area contributed by atoms with Gasteiger partial charge in [0, 0.05) is 0 Å². The third kappa shape index (κ3) is 5.74. The maximum Gasteiger partial charge on any atom is -1.00 e. The van der Waals surface area contributed by atoms with Crippen LogP contribution < -0.4 is 24.8 Å². The molecule has 0 amide bonds. The zero-order chi connectivity index (χ0) is 29.6. The maximum absolute atomic E-state index is 2.67. The first-order chi connectivity index (χ1) is 21.7. The Labute approximate surface area is 296 Å². The zero-order valence-corrected chi connectivity index (χ0v) is 30.7. The molecule has 2 saturated carbocycles. The largest absolute Gasteiger partial charge is 1.00 e. The normalized spacial score (nSPS) is 33.2. The zero-order valence-electron chi connectivity index (χ0n) is 26.7. The molecular formula is C43H44Cl2Zr. The topological polar surface area (TPSA) is 0 Å². The molecule has 3 heteroatoms. The summed E-state index contributed by atoms with van der Waals surface area (Å²) in [5, 5.41) is 0. The van der Waals surface area contributed by atoms with E-state index in [4.69, 9.17) is 0 Å². The van der Waals surface area contributed by atoms with Crippen LogP contribution in [0.4, 0.5) is 0 Å². The third-order valence-corrected chi connectivity index (χ3v) is 21.8. The van der Waals surface area contributed by atoms with Crippen LogP contribution in [0, 0.1) is 47.3 Å². The number of benzene rings is 2. The minimum atomic E-state index is -2.55. The van der Waals surface area contributed by atoms with Gasteiger partial charge in [-0.2, -0.15) is 0 Å². The van der Waals surface area contributed by atoms with Gasteiger partial charge in [-0.1, -0.05) is 0 Å². The van der Waals surface area contributed by atoms with Gasteiger partial charge in [0.25, 0.3) is 0 Å². The van der Waals surface area contributed by atoms with Gasteiger partial charge in [-0.05, 0) is 0 Å². The monoisotopic (exact) mass is 720 g/mol. The van der Waals surface area contributed by atoms with Crippen LogP contribution in [0.15, 0.2) is 155 Å². The van der Waals surface area contributed by atoms with Gasteiger partial charge in [0.15, 0.2) is 0 Å². The molecule has 0 aliphatic heterocycles. The van der Waals surface area contributed by atoms with Gasteiger partial charge in [-0.15, -0.1) is 0 Å². The number of halogens is 2. The molecular weight excluding hydrogens is 679 g/mol. The molecule has 6 aliphatic rings. The Morgan fingerprint density at radius 1 is 0.543 bits per heavy atom. The Balaban J connectivity index is 0.00000186. The van der Waals surface area contributed by atoms with E-state index in [2.05, 4.69) is 166 Å². The molecule has 46 heavy (non-hydrogen) atoms. The fourth-order valence-corrected chi connectivity index (χ4v) is 21.6. The maximum atomic E-state index is 2.67.